The van der Waals surface area contributed by atoms with E-state index in [1.54, 1.807) is 0 Å². The largest absolute Gasteiger partial charge is 0.358 e. The predicted octanol–water partition coefficient (Wildman–Crippen LogP) is 2.17. The summed E-state index contributed by atoms with van der Waals surface area (Å²) in [5, 5.41) is 3.23. The molecule has 1 fully saturated rings. The van der Waals surface area contributed by atoms with Crippen molar-refractivity contribution in [2.75, 3.05) is 11.9 Å². The monoisotopic (exact) mass is 179 g/mol. The van der Waals surface area contributed by atoms with Gasteiger partial charge in [-0.05, 0) is 25.0 Å². The van der Waals surface area contributed by atoms with E-state index in [1.165, 1.54) is 0 Å². The Hall–Kier alpha value is -1.06. The minimum absolute atomic E-state index is 0.00356. The van der Waals surface area contributed by atoms with Crippen LogP contribution in [0.15, 0.2) is 30.3 Å². The third-order valence-corrected chi connectivity index (χ3v) is 1.98. The fraction of sp³-hybridized carbons (Fsp3) is 0.400. The molecule has 3 nitrogen and oxygen atoms in total. The van der Waals surface area contributed by atoms with Gasteiger partial charge < -0.3 is 5.32 Å². The van der Waals surface area contributed by atoms with E-state index >= 15 is 0 Å². The average Bonchev–Trinajstić information content (AvgIpc) is 2.21. The molecule has 1 heterocycles. The van der Waals surface area contributed by atoms with Gasteiger partial charge in [-0.15, -0.1) is 0 Å². The van der Waals surface area contributed by atoms with Crippen LogP contribution in [-0.4, -0.2) is 12.8 Å². The molecule has 70 valence electrons. The number of hydrogen-bond acceptors (Lipinski definition) is 3. The lowest BCUT2D eigenvalue weighted by atomic mass is 10.2. The van der Waals surface area contributed by atoms with Gasteiger partial charge in [-0.25, -0.2) is 9.78 Å². The van der Waals surface area contributed by atoms with Gasteiger partial charge in [0, 0.05) is 5.69 Å². The lowest BCUT2D eigenvalue weighted by molar-refractivity contribution is -0.338. The van der Waals surface area contributed by atoms with Gasteiger partial charge in [-0.1, -0.05) is 18.2 Å². The molecule has 3 heteroatoms. The van der Waals surface area contributed by atoms with Gasteiger partial charge in [0.05, 0.1) is 6.61 Å². The Kier molecular flexibility index (Phi) is 2.79. The fourth-order valence-corrected chi connectivity index (χ4v) is 1.32. The van der Waals surface area contributed by atoms with Crippen LogP contribution in [0, 0.1) is 0 Å². The normalized spacial score (nSPS) is 22.6. The van der Waals surface area contributed by atoms with Crippen LogP contribution in [0.2, 0.25) is 0 Å². The molecule has 0 spiro atoms. The van der Waals surface area contributed by atoms with Crippen LogP contribution in [-0.2, 0) is 9.78 Å². The number of para-hydroxylation sites is 1. The van der Waals surface area contributed by atoms with Crippen LogP contribution < -0.4 is 5.32 Å². The van der Waals surface area contributed by atoms with Gasteiger partial charge in [-0.3, -0.25) is 0 Å². The third-order valence-electron chi connectivity index (χ3n) is 1.98. The average molecular weight is 179 g/mol. The Morgan fingerprint density at radius 1 is 1.23 bits per heavy atom. The number of anilines is 1. The summed E-state index contributed by atoms with van der Waals surface area (Å²) >= 11 is 0. The van der Waals surface area contributed by atoms with Crippen LogP contribution in [0.5, 0.6) is 0 Å². The quantitative estimate of drug-likeness (QED) is 0.706. The van der Waals surface area contributed by atoms with E-state index in [0.29, 0.717) is 6.61 Å². The molecule has 0 aromatic heterocycles. The van der Waals surface area contributed by atoms with Gasteiger partial charge in [0.15, 0.2) is 6.23 Å². The van der Waals surface area contributed by atoms with Gasteiger partial charge in [0.25, 0.3) is 0 Å². The summed E-state index contributed by atoms with van der Waals surface area (Å²) in [6, 6.07) is 10.00. The molecule has 2 rings (SSSR count). The van der Waals surface area contributed by atoms with Crippen molar-refractivity contribution >= 4 is 5.69 Å². The molecule has 1 saturated heterocycles. The molecule has 0 radical (unpaired) electrons. The van der Waals surface area contributed by atoms with E-state index in [4.69, 9.17) is 9.78 Å². The molecule has 1 aliphatic heterocycles. The summed E-state index contributed by atoms with van der Waals surface area (Å²) in [5.74, 6) is 0. The van der Waals surface area contributed by atoms with Gasteiger partial charge >= 0.3 is 0 Å². The molecule has 0 aliphatic carbocycles. The van der Waals surface area contributed by atoms with Crippen molar-refractivity contribution in [3.8, 4) is 0 Å². The zero-order valence-corrected chi connectivity index (χ0v) is 7.40. The summed E-state index contributed by atoms with van der Waals surface area (Å²) in [4.78, 5) is 9.96. The van der Waals surface area contributed by atoms with E-state index < -0.39 is 0 Å². The molecule has 1 unspecified atom stereocenters. The van der Waals surface area contributed by atoms with Crippen LogP contribution in [0.25, 0.3) is 0 Å². The summed E-state index contributed by atoms with van der Waals surface area (Å²) in [6.45, 7) is 0.701. The molecule has 13 heavy (non-hydrogen) atoms. The van der Waals surface area contributed by atoms with Crippen molar-refractivity contribution in [2.24, 2.45) is 0 Å². The van der Waals surface area contributed by atoms with Crippen molar-refractivity contribution in [1.29, 1.82) is 0 Å². The van der Waals surface area contributed by atoms with Crippen molar-refractivity contribution in [3.05, 3.63) is 30.3 Å². The van der Waals surface area contributed by atoms with Crippen molar-refractivity contribution in [1.82, 2.24) is 0 Å². The lowest BCUT2D eigenvalue weighted by Gasteiger charge is -2.22. The molecule has 1 atom stereocenters. The van der Waals surface area contributed by atoms with Crippen molar-refractivity contribution < 1.29 is 9.78 Å². The zero-order chi connectivity index (χ0) is 8.93. The molecule has 1 aromatic rings. The number of rotatable bonds is 2. The molecule has 1 aromatic carbocycles. The van der Waals surface area contributed by atoms with E-state index in [9.17, 15) is 0 Å². The number of nitrogens with one attached hydrogen (secondary N) is 1. The second kappa shape index (κ2) is 4.25. The number of hydrogen-bond donors (Lipinski definition) is 1. The highest BCUT2D eigenvalue weighted by Gasteiger charge is 2.13. The standard InChI is InChI=1S/C10H13NO2/c1-2-5-9(6-3-1)11-10-7-4-8-12-13-10/h1-3,5-6,10-11H,4,7-8H2. The van der Waals surface area contributed by atoms with E-state index in [-0.39, 0.29) is 6.23 Å². The first-order valence-electron chi connectivity index (χ1n) is 4.55. The van der Waals surface area contributed by atoms with Crippen LogP contribution in [0.4, 0.5) is 5.69 Å². The molecular formula is C10H13NO2. The second-order valence-corrected chi connectivity index (χ2v) is 3.06. The molecule has 0 saturated carbocycles. The molecule has 1 N–H and O–H groups in total. The van der Waals surface area contributed by atoms with Gasteiger partial charge in [0.2, 0.25) is 0 Å². The Morgan fingerprint density at radius 2 is 2.08 bits per heavy atom. The molecule has 0 bridgehead atoms. The fourth-order valence-electron chi connectivity index (χ4n) is 1.32. The Balaban J connectivity index is 1.90. The SMILES string of the molecule is c1ccc(NC2CCCOO2)cc1. The first-order valence-corrected chi connectivity index (χ1v) is 4.55. The Morgan fingerprint density at radius 3 is 2.77 bits per heavy atom. The summed E-state index contributed by atoms with van der Waals surface area (Å²) < 4.78 is 0. The Bertz CT molecular complexity index is 244. The molecular weight excluding hydrogens is 166 g/mol. The highest BCUT2D eigenvalue weighted by molar-refractivity contribution is 5.42. The highest BCUT2D eigenvalue weighted by Crippen LogP contribution is 2.14. The number of benzene rings is 1. The third kappa shape index (κ3) is 2.44. The van der Waals surface area contributed by atoms with Crippen LogP contribution in [0.1, 0.15) is 12.8 Å². The second-order valence-electron chi connectivity index (χ2n) is 3.06. The lowest BCUT2D eigenvalue weighted by Crippen LogP contribution is -2.27. The summed E-state index contributed by atoms with van der Waals surface area (Å²) in [7, 11) is 0. The maximum absolute atomic E-state index is 5.07. The van der Waals surface area contributed by atoms with E-state index in [1.807, 2.05) is 30.3 Å². The maximum Gasteiger partial charge on any atom is 0.162 e. The minimum atomic E-state index is -0.00356. The summed E-state index contributed by atoms with van der Waals surface area (Å²) in [6.07, 6.45) is 2.04. The zero-order valence-electron chi connectivity index (χ0n) is 7.40. The smallest absolute Gasteiger partial charge is 0.162 e. The van der Waals surface area contributed by atoms with Crippen LogP contribution in [0.3, 0.4) is 0 Å². The topological polar surface area (TPSA) is 30.5 Å². The maximum atomic E-state index is 5.07. The van der Waals surface area contributed by atoms with Gasteiger partial charge in [-0.2, -0.15) is 0 Å². The van der Waals surface area contributed by atoms with Crippen molar-refractivity contribution in [3.63, 3.8) is 0 Å². The Labute approximate surface area is 77.6 Å². The van der Waals surface area contributed by atoms with Crippen LogP contribution >= 0.6 is 0 Å². The van der Waals surface area contributed by atoms with Gasteiger partial charge in [0.1, 0.15) is 0 Å². The predicted molar refractivity (Wildman–Crippen MR) is 50.1 cm³/mol. The van der Waals surface area contributed by atoms with Crippen molar-refractivity contribution in [2.45, 2.75) is 19.1 Å². The van der Waals surface area contributed by atoms with E-state index in [0.717, 1.165) is 18.5 Å². The molecule has 0 amide bonds. The van der Waals surface area contributed by atoms with E-state index in [2.05, 4.69) is 5.32 Å². The highest BCUT2D eigenvalue weighted by atomic mass is 17.2. The first kappa shape index (κ1) is 8.53. The molecule has 1 aliphatic rings. The first-order chi connectivity index (χ1) is 6.45. The summed E-state index contributed by atoms with van der Waals surface area (Å²) in [5.41, 5.74) is 1.07. The minimum Gasteiger partial charge on any atom is -0.358 e.